The van der Waals surface area contributed by atoms with Gasteiger partial charge in [0, 0.05) is 18.2 Å². The molecule has 0 fully saturated rings. The lowest BCUT2D eigenvalue weighted by atomic mass is 10.3. The Morgan fingerprint density at radius 3 is 2.70 bits per heavy atom. The lowest BCUT2D eigenvalue weighted by Crippen LogP contribution is -2.41. The summed E-state index contributed by atoms with van der Waals surface area (Å²) in [4.78, 5) is 35.8. The quantitative estimate of drug-likeness (QED) is 0.456. The Hall–Kier alpha value is -2.16. The second kappa shape index (κ2) is 6.85. The van der Waals surface area contributed by atoms with Crippen LogP contribution in [-0.2, 0) is 9.59 Å². The first-order valence-corrected chi connectivity index (χ1v) is 6.53. The average Bonchev–Trinajstić information content (AvgIpc) is 2.33. The predicted molar refractivity (Wildman–Crippen MR) is 71.6 cm³/mol. The van der Waals surface area contributed by atoms with Crippen LogP contribution in [0.3, 0.4) is 0 Å². The van der Waals surface area contributed by atoms with E-state index in [1.807, 2.05) is 0 Å². The van der Waals surface area contributed by atoms with Gasteiger partial charge in [-0.05, 0) is 13.0 Å². The van der Waals surface area contributed by atoms with Gasteiger partial charge < -0.3 is 10.4 Å². The molecule has 0 radical (unpaired) electrons. The van der Waals surface area contributed by atoms with Crippen molar-refractivity contribution >= 4 is 29.3 Å². The number of nitro groups is 1. The Morgan fingerprint density at radius 1 is 1.60 bits per heavy atom. The Kier molecular flexibility index (Phi) is 5.44. The average molecular weight is 299 g/mol. The zero-order chi connectivity index (χ0) is 15.3. The summed E-state index contributed by atoms with van der Waals surface area (Å²) < 4.78 is 0. The number of carboxylic acid groups (broad SMARTS) is 1. The van der Waals surface area contributed by atoms with Gasteiger partial charge in [-0.1, -0.05) is 0 Å². The molecule has 8 nitrogen and oxygen atoms in total. The van der Waals surface area contributed by atoms with E-state index in [2.05, 4.69) is 10.3 Å². The number of hydrogen-bond donors (Lipinski definition) is 2. The van der Waals surface area contributed by atoms with Gasteiger partial charge in [0.1, 0.15) is 12.2 Å². The topological polar surface area (TPSA) is 122 Å². The van der Waals surface area contributed by atoms with Crippen LogP contribution in [0.2, 0.25) is 0 Å². The molecule has 0 saturated heterocycles. The monoisotopic (exact) mass is 299 g/mol. The van der Waals surface area contributed by atoms with Crippen molar-refractivity contribution in [2.75, 3.05) is 5.75 Å². The van der Waals surface area contributed by atoms with Crippen LogP contribution >= 0.6 is 11.8 Å². The van der Waals surface area contributed by atoms with Crippen molar-refractivity contribution in [2.45, 2.75) is 24.9 Å². The first-order chi connectivity index (χ1) is 9.31. The van der Waals surface area contributed by atoms with Crippen LogP contribution in [0.5, 0.6) is 0 Å². The highest BCUT2D eigenvalue weighted by atomic mass is 32.2. The minimum atomic E-state index is -1.15. The SMILES string of the molecule is CC(=O)N[C@@H](CSc1cc(C)c([N+](=O)[O-])cn1)C(=O)O. The van der Waals surface area contributed by atoms with Gasteiger partial charge in [0.05, 0.1) is 9.95 Å². The largest absolute Gasteiger partial charge is 0.480 e. The third kappa shape index (κ3) is 4.50. The van der Waals surface area contributed by atoms with Gasteiger partial charge >= 0.3 is 5.97 Å². The molecule has 0 aliphatic rings. The van der Waals surface area contributed by atoms with E-state index >= 15 is 0 Å². The predicted octanol–water partition coefficient (Wildman–Crippen LogP) is 0.980. The van der Waals surface area contributed by atoms with Crippen LogP contribution in [0.15, 0.2) is 17.3 Å². The molecule has 0 aliphatic carbocycles. The van der Waals surface area contributed by atoms with E-state index in [4.69, 9.17) is 5.11 Å². The molecule has 0 unspecified atom stereocenters. The van der Waals surface area contributed by atoms with Crippen LogP contribution in [0.1, 0.15) is 12.5 Å². The number of pyridine rings is 1. The van der Waals surface area contributed by atoms with E-state index in [0.29, 0.717) is 10.6 Å². The van der Waals surface area contributed by atoms with E-state index < -0.39 is 22.8 Å². The first kappa shape index (κ1) is 15.9. The van der Waals surface area contributed by atoms with Gasteiger partial charge in [0.2, 0.25) is 5.91 Å². The molecule has 0 aromatic carbocycles. The fourth-order valence-electron chi connectivity index (χ4n) is 1.38. The number of nitrogens with one attached hydrogen (secondary N) is 1. The summed E-state index contributed by atoms with van der Waals surface area (Å²) in [7, 11) is 0. The maximum atomic E-state index is 10.9. The van der Waals surface area contributed by atoms with Gasteiger partial charge in [-0.15, -0.1) is 11.8 Å². The summed E-state index contributed by atoms with van der Waals surface area (Å²) >= 11 is 1.10. The number of aryl methyl sites for hydroxylation is 1. The molecule has 108 valence electrons. The van der Waals surface area contributed by atoms with Gasteiger partial charge in [-0.25, -0.2) is 9.78 Å². The molecule has 1 atom stereocenters. The second-order valence-corrected chi connectivity index (χ2v) is 5.01. The third-order valence-electron chi connectivity index (χ3n) is 2.33. The molecule has 20 heavy (non-hydrogen) atoms. The van der Waals surface area contributed by atoms with E-state index in [1.54, 1.807) is 6.92 Å². The molecule has 2 N–H and O–H groups in total. The molecule has 0 spiro atoms. The second-order valence-electron chi connectivity index (χ2n) is 3.97. The molecular weight excluding hydrogens is 286 g/mol. The minimum absolute atomic E-state index is 0.0825. The summed E-state index contributed by atoms with van der Waals surface area (Å²) in [5.74, 6) is -1.50. The zero-order valence-corrected chi connectivity index (χ0v) is 11.6. The summed E-state index contributed by atoms with van der Waals surface area (Å²) in [6, 6.07) is 0.477. The highest BCUT2D eigenvalue weighted by molar-refractivity contribution is 7.99. The molecule has 0 saturated carbocycles. The van der Waals surface area contributed by atoms with Crippen molar-refractivity contribution in [3.8, 4) is 0 Å². The van der Waals surface area contributed by atoms with Crippen LogP contribution in [0.25, 0.3) is 0 Å². The summed E-state index contributed by atoms with van der Waals surface area (Å²) in [6.07, 6.45) is 1.13. The Balaban J connectivity index is 2.73. The van der Waals surface area contributed by atoms with Crippen LogP contribution < -0.4 is 5.32 Å². The standard InChI is InChI=1S/C11H13N3O5S/c1-6-3-10(12-4-9(6)14(18)19)20-5-8(11(16)17)13-7(2)15/h3-4,8H,5H2,1-2H3,(H,13,15)(H,16,17)/t8-/m0/s1. The van der Waals surface area contributed by atoms with E-state index in [1.165, 1.54) is 13.0 Å². The molecule has 1 aromatic rings. The van der Waals surface area contributed by atoms with Crippen molar-refractivity contribution in [3.05, 3.63) is 27.9 Å². The van der Waals surface area contributed by atoms with Crippen LogP contribution in [-0.4, -0.2) is 38.7 Å². The molecule has 1 aromatic heterocycles. The number of aromatic nitrogens is 1. The van der Waals surface area contributed by atoms with E-state index in [0.717, 1.165) is 18.0 Å². The Labute approximate surface area is 118 Å². The van der Waals surface area contributed by atoms with E-state index in [-0.39, 0.29) is 11.4 Å². The number of hydrogen-bond acceptors (Lipinski definition) is 6. The number of carbonyl (C=O) groups excluding carboxylic acids is 1. The smallest absolute Gasteiger partial charge is 0.327 e. The highest BCUT2D eigenvalue weighted by Gasteiger charge is 2.19. The highest BCUT2D eigenvalue weighted by Crippen LogP contribution is 2.23. The molecule has 1 rings (SSSR count). The molecule has 9 heteroatoms. The maximum Gasteiger partial charge on any atom is 0.327 e. The van der Waals surface area contributed by atoms with Crippen molar-refractivity contribution in [1.29, 1.82) is 0 Å². The zero-order valence-electron chi connectivity index (χ0n) is 10.8. The lowest BCUT2D eigenvalue weighted by Gasteiger charge is -2.12. The van der Waals surface area contributed by atoms with Gasteiger partial charge in [-0.3, -0.25) is 14.9 Å². The number of aliphatic carboxylic acids is 1. The first-order valence-electron chi connectivity index (χ1n) is 5.55. The van der Waals surface area contributed by atoms with Crippen molar-refractivity contribution in [3.63, 3.8) is 0 Å². The van der Waals surface area contributed by atoms with Gasteiger partial charge in [0.15, 0.2) is 0 Å². The molecule has 1 heterocycles. The fraction of sp³-hybridized carbons (Fsp3) is 0.364. The van der Waals surface area contributed by atoms with Crippen molar-refractivity contribution in [2.24, 2.45) is 0 Å². The minimum Gasteiger partial charge on any atom is -0.480 e. The molecule has 0 bridgehead atoms. The fourth-order valence-corrected chi connectivity index (χ4v) is 2.33. The van der Waals surface area contributed by atoms with Crippen molar-refractivity contribution in [1.82, 2.24) is 10.3 Å². The lowest BCUT2D eigenvalue weighted by molar-refractivity contribution is -0.385. The Morgan fingerprint density at radius 2 is 2.25 bits per heavy atom. The molecule has 1 amide bonds. The number of carboxylic acids is 1. The van der Waals surface area contributed by atoms with Crippen molar-refractivity contribution < 1.29 is 19.6 Å². The van der Waals surface area contributed by atoms with Crippen LogP contribution in [0, 0.1) is 17.0 Å². The van der Waals surface area contributed by atoms with Gasteiger partial charge in [-0.2, -0.15) is 0 Å². The number of nitrogens with zero attached hydrogens (tertiary/aromatic N) is 2. The summed E-state index contributed by atoms with van der Waals surface area (Å²) in [5, 5.41) is 22.3. The summed E-state index contributed by atoms with van der Waals surface area (Å²) in [6.45, 7) is 2.81. The Bertz CT molecular complexity index is 549. The number of thioether (sulfide) groups is 1. The van der Waals surface area contributed by atoms with E-state index in [9.17, 15) is 19.7 Å². The summed E-state index contributed by atoms with van der Waals surface area (Å²) in [5.41, 5.74) is 0.352. The van der Waals surface area contributed by atoms with Crippen LogP contribution in [0.4, 0.5) is 5.69 Å². The number of amides is 1. The van der Waals surface area contributed by atoms with Gasteiger partial charge in [0.25, 0.3) is 5.69 Å². The normalized spacial score (nSPS) is 11.7. The maximum absolute atomic E-state index is 10.9. The third-order valence-corrected chi connectivity index (χ3v) is 3.35. The molecular formula is C11H13N3O5S. The molecule has 0 aliphatic heterocycles. The number of carbonyl (C=O) groups is 2. The number of rotatable bonds is 6.